The summed E-state index contributed by atoms with van der Waals surface area (Å²) in [7, 11) is -3.60. The van der Waals surface area contributed by atoms with E-state index >= 15 is 0 Å². The molecule has 2 aliphatic carbocycles. The second kappa shape index (κ2) is 15.4. The van der Waals surface area contributed by atoms with Crippen molar-refractivity contribution in [3.63, 3.8) is 0 Å². The first kappa shape index (κ1) is 38.5. The molecule has 54 heavy (non-hydrogen) atoms. The predicted molar refractivity (Wildman–Crippen MR) is 201 cm³/mol. The molecule has 0 spiro atoms. The minimum absolute atomic E-state index is 0.0192. The van der Waals surface area contributed by atoms with Gasteiger partial charge in [-0.3, -0.25) is 24.1 Å². The van der Waals surface area contributed by atoms with Crippen LogP contribution >= 0.6 is 0 Å². The van der Waals surface area contributed by atoms with Crippen LogP contribution in [0.15, 0.2) is 36.4 Å². The van der Waals surface area contributed by atoms with Crippen LogP contribution in [-0.2, 0) is 51.6 Å². The zero-order valence-corrected chi connectivity index (χ0v) is 32.4. The van der Waals surface area contributed by atoms with Gasteiger partial charge >= 0.3 is 12.1 Å². The van der Waals surface area contributed by atoms with E-state index in [1.165, 1.54) is 4.90 Å². The maximum absolute atomic E-state index is 14.6. The lowest BCUT2D eigenvalue weighted by atomic mass is 9.88. The molecule has 4 heterocycles. The van der Waals surface area contributed by atoms with Crippen LogP contribution in [0.25, 0.3) is 6.08 Å². The van der Waals surface area contributed by atoms with Gasteiger partial charge in [-0.25, -0.2) is 13.2 Å². The molecule has 0 unspecified atom stereocenters. The molecule has 0 aromatic heterocycles. The van der Waals surface area contributed by atoms with Crippen LogP contribution in [0.1, 0.15) is 114 Å². The van der Waals surface area contributed by atoms with E-state index in [4.69, 9.17) is 9.47 Å². The van der Waals surface area contributed by atoms with Crippen molar-refractivity contribution in [2.45, 2.75) is 128 Å². The van der Waals surface area contributed by atoms with Crippen molar-refractivity contribution in [3.8, 4) is 0 Å². The fourth-order valence-electron chi connectivity index (χ4n) is 8.82. The summed E-state index contributed by atoms with van der Waals surface area (Å²) < 4.78 is 37.8. The summed E-state index contributed by atoms with van der Waals surface area (Å²) in [4.78, 5) is 73.1. The summed E-state index contributed by atoms with van der Waals surface area (Å²) in [5.41, 5.74) is 1.66. The molecule has 2 amide bonds. The number of fused-ring (bicyclic) bond motifs is 4. The highest BCUT2D eigenvalue weighted by atomic mass is 32.2. The summed E-state index contributed by atoms with van der Waals surface area (Å²) in [6, 6.07) is 5.01. The Morgan fingerprint density at radius 2 is 1.80 bits per heavy atom. The zero-order chi connectivity index (χ0) is 38.3. The van der Waals surface area contributed by atoms with Gasteiger partial charge in [0.2, 0.25) is 5.91 Å². The first-order valence-electron chi connectivity index (χ1n) is 19.9. The minimum Gasteiger partial charge on any atom is -0.465 e. The summed E-state index contributed by atoms with van der Waals surface area (Å²) in [5, 5.41) is -0.490. The quantitative estimate of drug-likeness (QED) is 0.262. The summed E-state index contributed by atoms with van der Waals surface area (Å²) in [5.74, 6) is -3.20. The number of hydrogen-bond acceptors (Lipinski definition) is 9. The van der Waals surface area contributed by atoms with E-state index in [-0.39, 0.29) is 55.4 Å². The molecule has 0 radical (unpaired) electrons. The van der Waals surface area contributed by atoms with E-state index in [0.717, 1.165) is 48.8 Å². The van der Waals surface area contributed by atoms with Gasteiger partial charge in [-0.15, -0.1) is 0 Å². The molecule has 4 aliphatic heterocycles. The molecule has 6 aliphatic rings. The molecule has 5 atom stereocenters. The third kappa shape index (κ3) is 8.53. The summed E-state index contributed by atoms with van der Waals surface area (Å²) >= 11 is 0. The number of ether oxygens (including phenoxy) is 2. The highest BCUT2D eigenvalue weighted by Gasteiger charge is 2.61. The molecule has 1 aromatic carbocycles. The van der Waals surface area contributed by atoms with Gasteiger partial charge in [0.1, 0.15) is 11.9 Å². The number of amides is 2. The van der Waals surface area contributed by atoms with E-state index in [0.29, 0.717) is 45.2 Å². The summed E-state index contributed by atoms with van der Waals surface area (Å²) in [6.07, 6.45) is 13.2. The SMILES string of the molecule is CC1(C)CC/C=C/c2cccc3c2CN(C3)C(=O)O[C@@H]2C[C@H]3C(=O)C[C@]4(C(=O)CS(=O)(=O)C5CC5)C[C@H]4/C=C\CCCCC[C@H](CC(=O)OC1)C(=O)N3C2. The molecule has 11 nitrogen and oxygen atoms in total. The topological polar surface area (TPSA) is 144 Å². The average Bonchev–Trinajstić information content (AvgIpc) is 4.01. The van der Waals surface area contributed by atoms with E-state index in [1.807, 2.05) is 30.4 Å². The molecule has 5 bridgehead atoms. The van der Waals surface area contributed by atoms with Gasteiger partial charge in [-0.2, -0.15) is 0 Å². The highest BCUT2D eigenvalue weighted by Crippen LogP contribution is 2.58. The third-order valence-electron chi connectivity index (χ3n) is 12.5. The molecule has 7 rings (SSSR count). The van der Waals surface area contributed by atoms with Crippen LogP contribution in [0.3, 0.4) is 0 Å². The second-order valence-corrected chi connectivity index (χ2v) is 19.6. The largest absolute Gasteiger partial charge is 0.465 e. The van der Waals surface area contributed by atoms with Gasteiger partial charge < -0.3 is 14.4 Å². The Balaban J connectivity index is 1.18. The Labute approximate surface area is 318 Å². The minimum atomic E-state index is -3.60. The molecule has 1 aromatic rings. The van der Waals surface area contributed by atoms with Crippen LogP contribution in [-0.4, -0.2) is 84.1 Å². The standard InChI is InChI=1S/C42H54N2O9S/c1-41(2)18-9-8-11-28-13-10-14-30-23-43(25-34(28)30)40(49)53-32-20-35-36(45)22-42(37(46)26-54(50,51)33-16-17-33)21-31(42)15-7-5-3-4-6-12-29(19-38(47)52-27-41)39(48)44(35)24-32/h7-8,10-11,13-15,29,31-33,35H,3-6,9,12,16-27H2,1-2H3/b11-8+,15-7-/t29-,31-,32-,35+,42-/m1/s1. The number of rotatable bonds is 4. The maximum atomic E-state index is 14.6. The van der Waals surface area contributed by atoms with Crippen LogP contribution in [0, 0.1) is 22.7 Å². The number of sulfone groups is 1. The van der Waals surface area contributed by atoms with Crippen molar-refractivity contribution in [1.29, 1.82) is 0 Å². The van der Waals surface area contributed by atoms with Gasteiger partial charge in [0.05, 0.1) is 37.4 Å². The Morgan fingerprint density at radius 3 is 2.59 bits per heavy atom. The van der Waals surface area contributed by atoms with Gasteiger partial charge in [0.25, 0.3) is 0 Å². The van der Waals surface area contributed by atoms with Crippen molar-refractivity contribution < 1.29 is 41.9 Å². The van der Waals surface area contributed by atoms with Crippen molar-refractivity contribution in [1.82, 2.24) is 9.80 Å². The number of benzene rings is 1. The Morgan fingerprint density at radius 1 is 0.981 bits per heavy atom. The molecule has 292 valence electrons. The Hall–Kier alpha value is -3.80. The van der Waals surface area contributed by atoms with Crippen LogP contribution < -0.4 is 0 Å². The number of carbonyl (C=O) groups is 5. The molecular formula is C42H54N2O9S. The molecular weight excluding hydrogens is 709 g/mol. The normalized spacial score (nSPS) is 32.1. The maximum Gasteiger partial charge on any atom is 0.410 e. The van der Waals surface area contributed by atoms with Crippen molar-refractivity contribution >= 4 is 45.4 Å². The number of hydrogen-bond donors (Lipinski definition) is 0. The predicted octanol–water partition coefficient (Wildman–Crippen LogP) is 6.12. The Kier molecular flexibility index (Phi) is 11.0. The second-order valence-electron chi connectivity index (χ2n) is 17.4. The molecule has 0 N–H and O–H groups in total. The average molecular weight is 763 g/mol. The molecule has 3 fully saturated rings. The number of allylic oxidation sites excluding steroid dienone is 3. The first-order chi connectivity index (χ1) is 25.7. The number of Topliss-reactive ketones (excluding diaryl/α,β-unsaturated/α-hetero) is 2. The monoisotopic (exact) mass is 762 g/mol. The van der Waals surface area contributed by atoms with E-state index in [2.05, 4.69) is 26.0 Å². The highest BCUT2D eigenvalue weighted by molar-refractivity contribution is 7.93. The number of carbonyl (C=O) groups excluding carboxylic acids is 5. The first-order valence-corrected chi connectivity index (χ1v) is 21.6. The van der Waals surface area contributed by atoms with Gasteiger partial charge in [0, 0.05) is 30.7 Å². The van der Waals surface area contributed by atoms with E-state index in [1.54, 1.807) is 4.90 Å². The fraction of sp³-hybridized carbons (Fsp3) is 0.643. The van der Waals surface area contributed by atoms with E-state index in [9.17, 15) is 32.4 Å². The van der Waals surface area contributed by atoms with Crippen molar-refractivity contribution in [2.24, 2.45) is 22.7 Å². The Bertz CT molecular complexity index is 1850. The van der Waals surface area contributed by atoms with Crippen molar-refractivity contribution in [2.75, 3.05) is 18.9 Å². The zero-order valence-electron chi connectivity index (χ0n) is 31.6. The molecule has 12 heteroatoms. The molecule has 1 saturated heterocycles. The van der Waals surface area contributed by atoms with Crippen LogP contribution in [0.5, 0.6) is 0 Å². The van der Waals surface area contributed by atoms with E-state index < -0.39 is 62.2 Å². The fourth-order valence-corrected chi connectivity index (χ4v) is 10.6. The van der Waals surface area contributed by atoms with Crippen LogP contribution in [0.2, 0.25) is 0 Å². The third-order valence-corrected chi connectivity index (χ3v) is 14.6. The lowest BCUT2D eigenvalue weighted by Gasteiger charge is -2.29. The van der Waals surface area contributed by atoms with Gasteiger partial charge in [-0.05, 0) is 79.4 Å². The number of cyclic esters (lactones) is 1. The number of nitrogens with zero attached hydrogens (tertiary/aromatic N) is 2. The summed E-state index contributed by atoms with van der Waals surface area (Å²) in [6.45, 7) is 5.05. The smallest absolute Gasteiger partial charge is 0.410 e. The van der Waals surface area contributed by atoms with Gasteiger partial charge in [0.15, 0.2) is 21.4 Å². The number of esters is 1. The molecule has 2 saturated carbocycles. The number of ketones is 2. The lowest BCUT2D eigenvalue weighted by Crippen LogP contribution is -2.45. The van der Waals surface area contributed by atoms with Crippen molar-refractivity contribution in [3.05, 3.63) is 53.1 Å². The lowest BCUT2D eigenvalue weighted by molar-refractivity contribution is -0.152. The van der Waals surface area contributed by atoms with Gasteiger partial charge in [-0.1, -0.05) is 69.2 Å². The van der Waals surface area contributed by atoms with Crippen LogP contribution in [0.4, 0.5) is 4.79 Å².